The maximum atomic E-state index is 12.0. The third-order valence-corrected chi connectivity index (χ3v) is 3.23. The third-order valence-electron chi connectivity index (χ3n) is 3.23. The van der Waals surface area contributed by atoms with Crippen molar-refractivity contribution in [3.8, 4) is 0 Å². The van der Waals surface area contributed by atoms with Gasteiger partial charge in [0.25, 0.3) is 0 Å². The second-order valence-electron chi connectivity index (χ2n) is 5.73. The molecular weight excluding hydrogens is 258 g/mol. The number of aryl methyl sites for hydroxylation is 1. The van der Waals surface area contributed by atoms with E-state index in [1.165, 1.54) is 6.33 Å². The van der Waals surface area contributed by atoms with E-state index in [0.29, 0.717) is 13.0 Å². The number of nitrogens with one attached hydrogen (secondary N) is 1. The van der Waals surface area contributed by atoms with E-state index in [0.717, 1.165) is 32.8 Å². The molecule has 7 nitrogen and oxygen atoms in total. The maximum absolute atomic E-state index is 12.0. The van der Waals surface area contributed by atoms with Crippen LogP contribution < -0.4 is 5.32 Å². The van der Waals surface area contributed by atoms with Crippen molar-refractivity contribution in [1.29, 1.82) is 0 Å². The Bertz CT molecular complexity index is 412. The lowest BCUT2D eigenvalue weighted by Crippen LogP contribution is -2.53. The molecule has 0 bridgehead atoms. The van der Waals surface area contributed by atoms with Crippen LogP contribution in [0.15, 0.2) is 12.7 Å². The molecule has 20 heavy (non-hydrogen) atoms. The average Bonchev–Trinajstić information content (AvgIpc) is 2.89. The molecule has 0 aliphatic carbocycles. The zero-order valence-corrected chi connectivity index (χ0v) is 12.2. The monoisotopic (exact) mass is 281 g/mol. The van der Waals surface area contributed by atoms with Gasteiger partial charge < -0.3 is 10.1 Å². The van der Waals surface area contributed by atoms with Gasteiger partial charge in [-0.2, -0.15) is 5.10 Å². The van der Waals surface area contributed by atoms with E-state index in [1.807, 2.05) is 0 Å². The van der Waals surface area contributed by atoms with Crippen molar-refractivity contribution in [1.82, 2.24) is 25.0 Å². The summed E-state index contributed by atoms with van der Waals surface area (Å²) in [7, 11) is 0. The Kier molecular flexibility index (Phi) is 5.08. The quantitative estimate of drug-likeness (QED) is 0.788. The second kappa shape index (κ2) is 6.81. The topological polar surface area (TPSA) is 72.3 Å². The molecule has 2 heterocycles. The fourth-order valence-electron chi connectivity index (χ4n) is 2.36. The molecule has 1 aliphatic heterocycles. The molecule has 1 saturated heterocycles. The molecule has 1 N–H and O–H groups in total. The molecule has 2 rings (SSSR count). The Morgan fingerprint density at radius 2 is 2.15 bits per heavy atom. The number of carbonyl (C=O) groups excluding carboxylic acids is 1. The lowest BCUT2D eigenvalue weighted by Gasteiger charge is -2.35. The molecule has 0 unspecified atom stereocenters. The van der Waals surface area contributed by atoms with Crippen LogP contribution in [-0.4, -0.2) is 64.0 Å². The molecule has 1 aromatic rings. The van der Waals surface area contributed by atoms with Gasteiger partial charge in [-0.05, 0) is 13.8 Å². The van der Waals surface area contributed by atoms with Gasteiger partial charge in [-0.25, -0.2) is 4.98 Å². The Hall–Kier alpha value is -1.47. The van der Waals surface area contributed by atoms with Crippen LogP contribution in [0.4, 0.5) is 0 Å². The van der Waals surface area contributed by atoms with Crippen molar-refractivity contribution in [2.75, 3.05) is 32.8 Å². The minimum absolute atomic E-state index is 0.0405. The number of hydrogen-bond donors (Lipinski definition) is 1. The predicted molar refractivity (Wildman–Crippen MR) is 74.1 cm³/mol. The largest absolute Gasteiger partial charge is 0.379 e. The lowest BCUT2D eigenvalue weighted by molar-refractivity contribution is -0.123. The molecule has 0 radical (unpaired) electrons. The van der Waals surface area contributed by atoms with Crippen LogP contribution in [0.5, 0.6) is 0 Å². The van der Waals surface area contributed by atoms with E-state index in [9.17, 15) is 4.79 Å². The molecule has 7 heteroatoms. The lowest BCUT2D eigenvalue weighted by atomic mass is 10.0. The number of carbonyl (C=O) groups is 1. The first-order chi connectivity index (χ1) is 9.55. The van der Waals surface area contributed by atoms with Gasteiger partial charge in [-0.1, -0.05) is 0 Å². The first-order valence-electron chi connectivity index (χ1n) is 6.99. The van der Waals surface area contributed by atoms with E-state index in [-0.39, 0.29) is 11.4 Å². The minimum atomic E-state index is -0.239. The van der Waals surface area contributed by atoms with Crippen molar-refractivity contribution in [2.45, 2.75) is 32.4 Å². The van der Waals surface area contributed by atoms with Gasteiger partial charge >= 0.3 is 0 Å². The summed E-state index contributed by atoms with van der Waals surface area (Å²) in [5.74, 6) is 0.0405. The van der Waals surface area contributed by atoms with Crippen molar-refractivity contribution in [3.63, 3.8) is 0 Å². The normalized spacial score (nSPS) is 17.1. The van der Waals surface area contributed by atoms with Crippen LogP contribution >= 0.6 is 0 Å². The van der Waals surface area contributed by atoms with Gasteiger partial charge in [0, 0.05) is 31.6 Å². The van der Waals surface area contributed by atoms with Crippen molar-refractivity contribution < 1.29 is 9.53 Å². The highest BCUT2D eigenvalue weighted by atomic mass is 16.5. The molecule has 1 aliphatic rings. The Labute approximate surface area is 119 Å². The highest BCUT2D eigenvalue weighted by Gasteiger charge is 2.24. The fourth-order valence-corrected chi connectivity index (χ4v) is 2.36. The first kappa shape index (κ1) is 14.9. The molecule has 0 aromatic carbocycles. The highest BCUT2D eigenvalue weighted by Crippen LogP contribution is 2.08. The molecule has 1 aromatic heterocycles. The summed E-state index contributed by atoms with van der Waals surface area (Å²) >= 11 is 0. The van der Waals surface area contributed by atoms with Crippen LogP contribution in [0.1, 0.15) is 20.3 Å². The maximum Gasteiger partial charge on any atom is 0.222 e. The molecule has 112 valence electrons. The summed E-state index contributed by atoms with van der Waals surface area (Å²) in [6.07, 6.45) is 3.50. The van der Waals surface area contributed by atoms with Crippen molar-refractivity contribution in [3.05, 3.63) is 12.7 Å². The molecule has 0 spiro atoms. The van der Waals surface area contributed by atoms with Crippen LogP contribution in [0.25, 0.3) is 0 Å². The average molecular weight is 281 g/mol. The highest BCUT2D eigenvalue weighted by molar-refractivity contribution is 5.76. The van der Waals surface area contributed by atoms with Crippen LogP contribution in [0.2, 0.25) is 0 Å². The smallest absolute Gasteiger partial charge is 0.222 e. The van der Waals surface area contributed by atoms with E-state index in [2.05, 4.69) is 34.1 Å². The number of ether oxygens (including phenoxy) is 1. The molecule has 0 saturated carbocycles. The van der Waals surface area contributed by atoms with Gasteiger partial charge in [0.15, 0.2) is 0 Å². The number of morpholine rings is 1. The third kappa shape index (κ3) is 4.90. The number of hydrogen-bond acceptors (Lipinski definition) is 5. The Morgan fingerprint density at radius 3 is 2.80 bits per heavy atom. The number of aromatic nitrogens is 3. The first-order valence-corrected chi connectivity index (χ1v) is 6.99. The van der Waals surface area contributed by atoms with Gasteiger partial charge in [0.05, 0.1) is 19.8 Å². The van der Waals surface area contributed by atoms with E-state index in [4.69, 9.17) is 4.74 Å². The van der Waals surface area contributed by atoms with Crippen LogP contribution in [0.3, 0.4) is 0 Å². The summed E-state index contributed by atoms with van der Waals surface area (Å²) in [5, 5.41) is 7.06. The summed E-state index contributed by atoms with van der Waals surface area (Å²) < 4.78 is 6.99. The standard InChI is InChI=1S/C13H23N5O2/c1-13(2,9-17-5-7-20-8-6-17)16-12(19)3-4-18-11-14-10-15-18/h10-11H,3-9H2,1-2H3,(H,16,19). The predicted octanol–water partition coefficient (Wildman–Crippen LogP) is -0.105. The zero-order chi connectivity index (χ0) is 14.4. The second-order valence-corrected chi connectivity index (χ2v) is 5.73. The van der Waals surface area contributed by atoms with E-state index < -0.39 is 0 Å². The van der Waals surface area contributed by atoms with Crippen LogP contribution in [0, 0.1) is 0 Å². The summed E-state index contributed by atoms with van der Waals surface area (Å²) in [6.45, 7) is 8.90. The zero-order valence-electron chi connectivity index (χ0n) is 12.2. The van der Waals surface area contributed by atoms with Gasteiger partial charge in [0.1, 0.15) is 12.7 Å². The van der Waals surface area contributed by atoms with Gasteiger partial charge in [-0.15, -0.1) is 0 Å². The molecule has 1 amide bonds. The number of amides is 1. The molecule has 0 atom stereocenters. The van der Waals surface area contributed by atoms with Gasteiger partial charge in [0.2, 0.25) is 5.91 Å². The minimum Gasteiger partial charge on any atom is -0.379 e. The van der Waals surface area contributed by atoms with Gasteiger partial charge in [-0.3, -0.25) is 14.4 Å². The van der Waals surface area contributed by atoms with Crippen LogP contribution in [-0.2, 0) is 16.1 Å². The Morgan fingerprint density at radius 1 is 1.40 bits per heavy atom. The molecule has 1 fully saturated rings. The SMILES string of the molecule is CC(C)(CN1CCOCC1)NC(=O)CCn1cncn1. The van der Waals surface area contributed by atoms with Crippen molar-refractivity contribution >= 4 is 5.91 Å². The molecular formula is C13H23N5O2. The summed E-state index contributed by atoms with van der Waals surface area (Å²) in [6, 6.07) is 0. The van der Waals surface area contributed by atoms with Crippen molar-refractivity contribution in [2.24, 2.45) is 0 Å². The van der Waals surface area contributed by atoms with E-state index in [1.54, 1.807) is 11.0 Å². The van der Waals surface area contributed by atoms with E-state index >= 15 is 0 Å². The fraction of sp³-hybridized carbons (Fsp3) is 0.769. The number of nitrogens with zero attached hydrogens (tertiary/aromatic N) is 4. The number of rotatable bonds is 6. The Balaban J connectivity index is 1.73. The summed E-state index contributed by atoms with van der Waals surface area (Å²) in [4.78, 5) is 18.2. The summed E-state index contributed by atoms with van der Waals surface area (Å²) in [5.41, 5.74) is -0.239.